The van der Waals surface area contributed by atoms with Gasteiger partial charge in [-0.25, -0.2) is 0 Å². The lowest BCUT2D eigenvalue weighted by Crippen LogP contribution is -2.25. The summed E-state index contributed by atoms with van der Waals surface area (Å²) in [5, 5.41) is 21.4. The van der Waals surface area contributed by atoms with E-state index >= 15 is 0 Å². The van der Waals surface area contributed by atoms with Gasteiger partial charge in [0.05, 0.1) is 12.3 Å². The Bertz CT molecular complexity index is 220. The number of thioether (sulfide) groups is 1. The fraction of sp³-hybridized carbons (Fsp3) is 0.889. The molecule has 0 aromatic rings. The molecule has 2 saturated carbocycles. The highest BCUT2D eigenvalue weighted by atomic mass is 32.2. The second-order valence-electron chi connectivity index (χ2n) is 3.81. The van der Waals surface area contributed by atoms with E-state index in [4.69, 9.17) is 10.3 Å². The van der Waals surface area contributed by atoms with Crippen LogP contribution in [-0.2, 0) is 0 Å². The Balaban J connectivity index is 2.01. The predicted molar refractivity (Wildman–Crippen MR) is 53.4 cm³/mol. The molecule has 3 atom stereocenters. The van der Waals surface area contributed by atoms with E-state index < -0.39 is 0 Å². The third kappa shape index (κ3) is 1.57. The van der Waals surface area contributed by atoms with Gasteiger partial charge in [-0.1, -0.05) is 5.16 Å². The third-order valence-electron chi connectivity index (χ3n) is 3.12. The molecule has 3 nitrogen and oxygen atoms in total. The number of aliphatic hydroxyl groups excluding tert-OH is 1. The molecule has 0 unspecified atom stereocenters. The van der Waals surface area contributed by atoms with Gasteiger partial charge in [0.15, 0.2) is 0 Å². The quantitative estimate of drug-likeness (QED) is 0.535. The van der Waals surface area contributed by atoms with Crippen molar-refractivity contribution in [3.05, 3.63) is 0 Å². The molecule has 2 aliphatic carbocycles. The Kier molecular flexibility index (Phi) is 2.79. The summed E-state index contributed by atoms with van der Waals surface area (Å²) < 4.78 is 0. The minimum absolute atomic E-state index is 0.220. The van der Waals surface area contributed by atoms with Gasteiger partial charge in [0.2, 0.25) is 0 Å². The van der Waals surface area contributed by atoms with E-state index in [1.54, 1.807) is 11.8 Å². The van der Waals surface area contributed by atoms with Crippen molar-refractivity contribution in [1.82, 2.24) is 0 Å². The van der Waals surface area contributed by atoms with E-state index in [1.165, 1.54) is 19.3 Å². The van der Waals surface area contributed by atoms with Crippen LogP contribution < -0.4 is 0 Å². The number of oxime groups is 1. The average molecular weight is 201 g/mol. The molecule has 13 heavy (non-hydrogen) atoms. The first kappa shape index (κ1) is 9.34. The minimum atomic E-state index is 0.220. The first-order chi connectivity index (χ1) is 6.36. The highest BCUT2D eigenvalue weighted by Gasteiger charge is 2.45. The number of rotatable bonds is 3. The summed E-state index contributed by atoms with van der Waals surface area (Å²) in [4.78, 5) is 0. The van der Waals surface area contributed by atoms with Gasteiger partial charge >= 0.3 is 0 Å². The van der Waals surface area contributed by atoms with Crippen LogP contribution in [0.4, 0.5) is 0 Å². The van der Waals surface area contributed by atoms with E-state index in [-0.39, 0.29) is 6.61 Å². The smallest absolute Gasteiger partial charge is 0.0734 e. The molecular weight excluding hydrogens is 186 g/mol. The molecule has 0 amide bonds. The molecule has 2 fully saturated rings. The molecule has 0 aromatic heterocycles. The summed E-state index contributed by atoms with van der Waals surface area (Å²) in [5.41, 5.74) is 0.981. The summed E-state index contributed by atoms with van der Waals surface area (Å²) in [6.07, 6.45) is 3.66. The molecule has 0 saturated heterocycles. The summed E-state index contributed by atoms with van der Waals surface area (Å²) in [5.74, 6) is 1.99. The lowest BCUT2D eigenvalue weighted by atomic mass is 9.98. The first-order valence-electron chi connectivity index (χ1n) is 4.81. The third-order valence-corrected chi connectivity index (χ3v) is 4.52. The van der Waals surface area contributed by atoms with E-state index in [1.807, 2.05) is 0 Å². The van der Waals surface area contributed by atoms with E-state index in [0.29, 0.717) is 17.1 Å². The van der Waals surface area contributed by atoms with Crippen molar-refractivity contribution >= 4 is 17.5 Å². The number of hydrogen-bond acceptors (Lipinski definition) is 4. The number of nitrogens with zero attached hydrogens (tertiary/aromatic N) is 1. The van der Waals surface area contributed by atoms with Gasteiger partial charge in [0.25, 0.3) is 0 Å². The summed E-state index contributed by atoms with van der Waals surface area (Å²) in [6.45, 7) is 0.220. The predicted octanol–water partition coefficient (Wildman–Crippen LogP) is 1.34. The Morgan fingerprint density at radius 2 is 2.31 bits per heavy atom. The normalized spacial score (nSPS) is 40.4. The zero-order chi connectivity index (χ0) is 9.26. The van der Waals surface area contributed by atoms with Crippen LogP contribution in [0.1, 0.15) is 19.3 Å². The Hall–Kier alpha value is -0.220. The maximum atomic E-state index is 8.87. The van der Waals surface area contributed by atoms with E-state index in [2.05, 4.69) is 5.16 Å². The standard InChI is InChI=1S/C9H15NO2S/c11-3-4-13-9-7-2-1-6(5-7)8(9)10-12/h6-7,9,11-12H,1-5H2/b10-8+/t6-,7-,9+/m0/s1. The van der Waals surface area contributed by atoms with Crippen LogP contribution in [-0.4, -0.2) is 33.6 Å². The maximum absolute atomic E-state index is 8.87. The van der Waals surface area contributed by atoms with Crippen molar-refractivity contribution in [3.63, 3.8) is 0 Å². The molecule has 0 aromatic carbocycles. The van der Waals surface area contributed by atoms with E-state index in [0.717, 1.165) is 11.5 Å². The fourth-order valence-electron chi connectivity index (χ4n) is 2.57. The number of aliphatic hydroxyl groups is 1. The van der Waals surface area contributed by atoms with Crippen LogP contribution in [0.15, 0.2) is 5.16 Å². The summed E-state index contributed by atoms with van der Waals surface area (Å²) in [7, 11) is 0. The van der Waals surface area contributed by atoms with Crippen molar-refractivity contribution in [3.8, 4) is 0 Å². The number of fused-ring (bicyclic) bond motifs is 2. The average Bonchev–Trinajstić information content (AvgIpc) is 2.73. The minimum Gasteiger partial charge on any atom is -0.411 e. The highest BCUT2D eigenvalue weighted by molar-refractivity contribution is 8.00. The lowest BCUT2D eigenvalue weighted by molar-refractivity contribution is 0.313. The van der Waals surface area contributed by atoms with Gasteiger partial charge in [-0.15, -0.1) is 11.8 Å². The second-order valence-corrected chi connectivity index (χ2v) is 5.06. The molecule has 0 heterocycles. The largest absolute Gasteiger partial charge is 0.411 e. The zero-order valence-corrected chi connectivity index (χ0v) is 8.33. The second kappa shape index (κ2) is 3.88. The molecule has 2 bridgehead atoms. The number of hydrogen-bond donors (Lipinski definition) is 2. The Morgan fingerprint density at radius 1 is 1.46 bits per heavy atom. The Morgan fingerprint density at radius 3 is 3.00 bits per heavy atom. The van der Waals surface area contributed by atoms with Crippen LogP contribution in [0, 0.1) is 11.8 Å². The Labute approximate surface area is 82.2 Å². The molecular formula is C9H15NO2S. The topological polar surface area (TPSA) is 52.8 Å². The molecule has 0 aliphatic heterocycles. The van der Waals surface area contributed by atoms with Gasteiger partial charge < -0.3 is 10.3 Å². The first-order valence-corrected chi connectivity index (χ1v) is 5.86. The van der Waals surface area contributed by atoms with Gasteiger partial charge in [-0.3, -0.25) is 0 Å². The highest BCUT2D eigenvalue weighted by Crippen LogP contribution is 2.47. The van der Waals surface area contributed by atoms with Crippen LogP contribution in [0.25, 0.3) is 0 Å². The van der Waals surface area contributed by atoms with Crippen molar-refractivity contribution in [2.75, 3.05) is 12.4 Å². The van der Waals surface area contributed by atoms with Gasteiger partial charge in [-0.2, -0.15) is 0 Å². The van der Waals surface area contributed by atoms with Crippen LogP contribution >= 0.6 is 11.8 Å². The molecule has 0 spiro atoms. The SMILES string of the molecule is OCCS[C@H]1/C(=N/O)[C@H]2CC[C@H]1C2. The molecule has 2 aliphatic rings. The molecule has 0 radical (unpaired) electrons. The van der Waals surface area contributed by atoms with Crippen LogP contribution in [0.5, 0.6) is 0 Å². The summed E-state index contributed by atoms with van der Waals surface area (Å²) >= 11 is 1.74. The monoisotopic (exact) mass is 201 g/mol. The maximum Gasteiger partial charge on any atom is 0.0734 e. The van der Waals surface area contributed by atoms with Crippen molar-refractivity contribution < 1.29 is 10.3 Å². The van der Waals surface area contributed by atoms with Crippen molar-refractivity contribution in [2.45, 2.75) is 24.5 Å². The van der Waals surface area contributed by atoms with Crippen molar-refractivity contribution in [2.24, 2.45) is 17.0 Å². The van der Waals surface area contributed by atoms with Crippen molar-refractivity contribution in [1.29, 1.82) is 0 Å². The molecule has 4 heteroatoms. The van der Waals surface area contributed by atoms with Gasteiger partial charge in [-0.05, 0) is 25.2 Å². The lowest BCUT2D eigenvalue weighted by Gasteiger charge is -2.21. The van der Waals surface area contributed by atoms with Gasteiger partial charge in [0.1, 0.15) is 0 Å². The van der Waals surface area contributed by atoms with Gasteiger partial charge in [0, 0.05) is 16.9 Å². The molecule has 2 rings (SSSR count). The summed E-state index contributed by atoms with van der Waals surface area (Å²) in [6, 6.07) is 0. The fourth-order valence-corrected chi connectivity index (χ4v) is 3.86. The van der Waals surface area contributed by atoms with Crippen LogP contribution in [0.3, 0.4) is 0 Å². The van der Waals surface area contributed by atoms with Crippen LogP contribution in [0.2, 0.25) is 0 Å². The zero-order valence-electron chi connectivity index (χ0n) is 7.52. The molecule has 74 valence electrons. The molecule has 2 N–H and O–H groups in total. The van der Waals surface area contributed by atoms with E-state index in [9.17, 15) is 0 Å².